The minimum Gasteiger partial charge on any atom is -0.394 e. The number of ether oxygens (including phenoxy) is 6. The summed E-state index contributed by atoms with van der Waals surface area (Å²) in [6.07, 6.45) is 39.7. The summed E-state index contributed by atoms with van der Waals surface area (Å²) in [6, 6.07) is -0.993. The highest BCUT2D eigenvalue weighted by Gasteiger charge is 2.53. The van der Waals surface area contributed by atoms with Gasteiger partial charge in [0.05, 0.1) is 38.6 Å². The standard InChI is InChI=1S/C71H123NO18/c1-3-5-7-9-11-13-15-17-19-21-23-25-27-29-31-33-35-37-39-41-43-45-47-49-59(77)72-54(55(76)48-46-44-42-40-38-36-34-32-30-28-26-24-22-20-18-16-14-12-10-8-6-4-2)53-85-69-65(83)62(80)67(57(51-74)87-69)90-71-66(84)63(81)68(58(52-75)88-71)89-70-64(82)61(79)60(78)56(50-73)86-70/h5,7,11,13,17,19,23,25,29,31,35,37,46,48,54-58,60-71,73-76,78-84H,3-4,6,8-10,12,14-16,18,20-22,24,26-28,30,32-34,36,38-45,47,49-53H2,1-2H3,(H,72,77)/b7-5-,13-11-,19-17-,25-23-,31-29-,37-35-,48-46+. The largest absolute Gasteiger partial charge is 0.394 e. The summed E-state index contributed by atoms with van der Waals surface area (Å²) in [5.41, 5.74) is 0. The van der Waals surface area contributed by atoms with Crippen LogP contribution in [-0.4, -0.2) is 193 Å². The summed E-state index contributed by atoms with van der Waals surface area (Å²) in [5.74, 6) is -0.302. The minimum atomic E-state index is -1.99. The van der Waals surface area contributed by atoms with Crippen LogP contribution in [0.2, 0.25) is 0 Å². The predicted octanol–water partition coefficient (Wildman–Crippen LogP) is 9.10. The van der Waals surface area contributed by atoms with Crippen LogP contribution in [-0.2, 0) is 33.2 Å². The summed E-state index contributed by atoms with van der Waals surface area (Å²) in [6.45, 7) is 1.60. The van der Waals surface area contributed by atoms with E-state index in [-0.39, 0.29) is 18.9 Å². The van der Waals surface area contributed by atoms with Gasteiger partial charge in [-0.05, 0) is 70.6 Å². The molecule has 3 saturated heterocycles. The lowest BCUT2D eigenvalue weighted by Gasteiger charge is -2.48. The number of hydrogen-bond acceptors (Lipinski definition) is 18. The maximum Gasteiger partial charge on any atom is 0.220 e. The van der Waals surface area contributed by atoms with Gasteiger partial charge in [0.15, 0.2) is 18.9 Å². The highest BCUT2D eigenvalue weighted by molar-refractivity contribution is 5.76. The second-order valence-electron chi connectivity index (χ2n) is 24.6. The van der Waals surface area contributed by atoms with Gasteiger partial charge in [-0.3, -0.25) is 4.79 Å². The predicted molar refractivity (Wildman–Crippen MR) is 351 cm³/mol. The van der Waals surface area contributed by atoms with Crippen LogP contribution in [0.4, 0.5) is 0 Å². The average Bonchev–Trinajstić information content (AvgIpc) is 0.865. The maximum absolute atomic E-state index is 13.4. The first-order chi connectivity index (χ1) is 43.8. The van der Waals surface area contributed by atoms with Crippen molar-refractivity contribution in [2.75, 3.05) is 26.4 Å². The van der Waals surface area contributed by atoms with Crippen LogP contribution < -0.4 is 5.32 Å². The van der Waals surface area contributed by atoms with Crippen LogP contribution in [0.15, 0.2) is 85.1 Å². The van der Waals surface area contributed by atoms with Crippen molar-refractivity contribution in [1.29, 1.82) is 0 Å². The zero-order valence-electron chi connectivity index (χ0n) is 54.8. The fourth-order valence-electron chi connectivity index (χ4n) is 11.3. The van der Waals surface area contributed by atoms with Gasteiger partial charge in [0.25, 0.3) is 0 Å². The fraction of sp³-hybridized carbons (Fsp3) is 0.789. The topological polar surface area (TPSA) is 307 Å². The molecule has 0 bridgehead atoms. The molecule has 3 aliphatic rings. The Morgan fingerprint density at radius 3 is 1.20 bits per heavy atom. The van der Waals surface area contributed by atoms with Gasteiger partial charge in [0, 0.05) is 6.42 Å². The van der Waals surface area contributed by atoms with Gasteiger partial charge in [-0.2, -0.15) is 0 Å². The summed E-state index contributed by atoms with van der Waals surface area (Å²) in [5, 5.41) is 121. The van der Waals surface area contributed by atoms with Crippen LogP contribution in [0.3, 0.4) is 0 Å². The monoisotopic (exact) mass is 1280 g/mol. The average molecular weight is 1280 g/mol. The van der Waals surface area contributed by atoms with Gasteiger partial charge in [0.1, 0.15) is 73.2 Å². The number of aliphatic hydroxyl groups is 11. The molecule has 3 fully saturated rings. The number of nitrogens with one attached hydrogen (secondary N) is 1. The lowest BCUT2D eigenvalue weighted by molar-refractivity contribution is -0.379. The molecule has 3 rings (SSSR count). The summed E-state index contributed by atoms with van der Waals surface area (Å²) in [4.78, 5) is 13.4. The molecule has 17 unspecified atom stereocenters. The van der Waals surface area contributed by atoms with E-state index in [0.717, 1.165) is 89.9 Å². The number of carbonyl (C=O) groups excluding carboxylic acids is 1. The number of unbranched alkanes of at least 4 members (excludes halogenated alkanes) is 24. The Labute approximate surface area is 540 Å². The Balaban J connectivity index is 1.46. The first kappa shape index (κ1) is 81.2. The third-order valence-electron chi connectivity index (χ3n) is 16.9. The number of amides is 1. The Morgan fingerprint density at radius 2 is 0.767 bits per heavy atom. The van der Waals surface area contributed by atoms with Crippen molar-refractivity contribution in [2.45, 2.75) is 330 Å². The van der Waals surface area contributed by atoms with Crippen molar-refractivity contribution in [3.05, 3.63) is 85.1 Å². The molecule has 0 aromatic carbocycles. The molecule has 19 heteroatoms. The SMILES string of the molecule is CC/C=C\C/C=C\C/C=C\C/C=C\C/C=C\C/C=C\CCCCCCC(=O)NC(COC1OC(CO)C(OC2OC(CO)C(OC3OC(CO)C(O)C(O)C3O)C(O)C2O)C(O)C1O)C(O)/C=C/CCCCCCCCCCCCCCCCCCCCCC. The molecule has 0 aliphatic carbocycles. The molecule has 0 spiro atoms. The first-order valence-corrected chi connectivity index (χ1v) is 34.8. The molecule has 0 aromatic rings. The van der Waals surface area contributed by atoms with E-state index in [1.165, 1.54) is 109 Å². The Morgan fingerprint density at radius 1 is 0.411 bits per heavy atom. The van der Waals surface area contributed by atoms with Gasteiger partial charge < -0.3 is 89.9 Å². The zero-order valence-corrected chi connectivity index (χ0v) is 54.8. The summed E-state index contributed by atoms with van der Waals surface area (Å²) >= 11 is 0. The Bertz CT molecular complexity index is 1960. The molecular weight excluding hydrogens is 1150 g/mol. The first-order valence-electron chi connectivity index (χ1n) is 34.8. The minimum absolute atomic E-state index is 0.209. The summed E-state index contributed by atoms with van der Waals surface area (Å²) < 4.78 is 34.3. The number of carbonyl (C=O) groups is 1. The molecular formula is C71H123NO18. The third-order valence-corrected chi connectivity index (χ3v) is 16.9. The molecule has 12 N–H and O–H groups in total. The summed E-state index contributed by atoms with van der Waals surface area (Å²) in [7, 11) is 0. The number of allylic oxidation sites excluding steroid dienone is 13. The molecule has 520 valence electrons. The molecule has 3 aliphatic heterocycles. The van der Waals surface area contributed by atoms with Crippen molar-refractivity contribution in [3.8, 4) is 0 Å². The van der Waals surface area contributed by atoms with Crippen LogP contribution >= 0.6 is 0 Å². The number of hydrogen-bond donors (Lipinski definition) is 12. The Kier molecular flexibility index (Phi) is 47.2. The van der Waals surface area contributed by atoms with E-state index in [0.29, 0.717) is 6.42 Å². The van der Waals surface area contributed by atoms with Gasteiger partial charge in [-0.1, -0.05) is 234 Å². The van der Waals surface area contributed by atoms with Crippen molar-refractivity contribution in [3.63, 3.8) is 0 Å². The molecule has 3 heterocycles. The lowest BCUT2D eigenvalue weighted by Crippen LogP contribution is -2.66. The molecule has 1 amide bonds. The maximum atomic E-state index is 13.4. The molecule has 17 atom stereocenters. The van der Waals surface area contributed by atoms with Crippen LogP contribution in [0.5, 0.6) is 0 Å². The third kappa shape index (κ3) is 33.9. The van der Waals surface area contributed by atoms with E-state index in [2.05, 4.69) is 92.1 Å². The van der Waals surface area contributed by atoms with Crippen LogP contribution in [0.25, 0.3) is 0 Å². The normalized spacial score (nSPS) is 28.6. The Hall–Kier alpha value is -3.03. The molecule has 0 aromatic heterocycles. The zero-order chi connectivity index (χ0) is 65.4. The van der Waals surface area contributed by atoms with E-state index < -0.39 is 124 Å². The van der Waals surface area contributed by atoms with Gasteiger partial charge in [-0.25, -0.2) is 0 Å². The number of aliphatic hydroxyl groups excluding tert-OH is 11. The smallest absolute Gasteiger partial charge is 0.220 e. The second kappa shape index (κ2) is 52.3. The van der Waals surface area contributed by atoms with Gasteiger partial charge in [-0.15, -0.1) is 0 Å². The number of rotatable bonds is 52. The van der Waals surface area contributed by atoms with Crippen molar-refractivity contribution >= 4 is 5.91 Å². The van der Waals surface area contributed by atoms with Crippen LogP contribution in [0.1, 0.15) is 226 Å². The highest BCUT2D eigenvalue weighted by Crippen LogP contribution is 2.33. The lowest BCUT2D eigenvalue weighted by atomic mass is 9.96. The van der Waals surface area contributed by atoms with E-state index in [1.807, 2.05) is 6.08 Å². The van der Waals surface area contributed by atoms with E-state index in [1.54, 1.807) is 6.08 Å². The fourth-order valence-corrected chi connectivity index (χ4v) is 11.3. The van der Waals surface area contributed by atoms with Gasteiger partial charge in [0.2, 0.25) is 5.91 Å². The molecule has 0 radical (unpaired) electrons. The van der Waals surface area contributed by atoms with E-state index in [4.69, 9.17) is 28.4 Å². The van der Waals surface area contributed by atoms with Gasteiger partial charge >= 0.3 is 0 Å². The van der Waals surface area contributed by atoms with E-state index in [9.17, 15) is 61.0 Å². The van der Waals surface area contributed by atoms with E-state index >= 15 is 0 Å². The molecule has 19 nitrogen and oxygen atoms in total. The van der Waals surface area contributed by atoms with Crippen molar-refractivity contribution in [1.82, 2.24) is 5.32 Å². The van der Waals surface area contributed by atoms with Crippen molar-refractivity contribution < 1.29 is 89.4 Å². The van der Waals surface area contributed by atoms with Crippen LogP contribution in [0, 0.1) is 0 Å². The molecule has 0 saturated carbocycles. The highest BCUT2D eigenvalue weighted by atomic mass is 16.8. The second-order valence-corrected chi connectivity index (χ2v) is 24.6. The quantitative estimate of drug-likeness (QED) is 0.0200. The molecule has 90 heavy (non-hydrogen) atoms. The van der Waals surface area contributed by atoms with Crippen molar-refractivity contribution in [2.24, 2.45) is 0 Å².